The Morgan fingerprint density at radius 1 is 1.26 bits per heavy atom. The Balaban J connectivity index is 0.00000341. The summed E-state index contributed by atoms with van der Waals surface area (Å²) in [4.78, 5) is 23.3. The molecule has 0 spiro atoms. The first kappa shape index (κ1) is 25.2. The second-order valence-electron chi connectivity index (χ2n) is 7.80. The van der Waals surface area contributed by atoms with Gasteiger partial charge in [0.2, 0.25) is 11.8 Å². The quantitative estimate of drug-likeness (QED) is 0.319. The molecule has 2 N–H and O–H groups in total. The predicted octanol–water partition coefficient (Wildman–Crippen LogP) is 3.62. The number of nitrogens with zero attached hydrogens (tertiary/aromatic N) is 3. The van der Waals surface area contributed by atoms with Gasteiger partial charge in [-0.2, -0.15) is 0 Å². The van der Waals surface area contributed by atoms with Crippen molar-refractivity contribution in [3.05, 3.63) is 41.8 Å². The summed E-state index contributed by atoms with van der Waals surface area (Å²) in [7, 11) is 1.70. The zero-order chi connectivity index (χ0) is 21.3. The van der Waals surface area contributed by atoms with Gasteiger partial charge >= 0.3 is 0 Å². The van der Waals surface area contributed by atoms with E-state index in [9.17, 15) is 4.79 Å². The number of piperidine rings is 1. The van der Waals surface area contributed by atoms with Crippen LogP contribution in [0.25, 0.3) is 11.5 Å². The van der Waals surface area contributed by atoms with E-state index in [0.717, 1.165) is 56.1 Å². The van der Waals surface area contributed by atoms with E-state index in [1.165, 1.54) is 5.56 Å². The molecule has 3 rings (SSSR count). The zero-order valence-corrected chi connectivity index (χ0v) is 21.0. The number of nitrogens with one attached hydrogen (secondary N) is 2. The normalized spacial score (nSPS) is 14.8. The minimum absolute atomic E-state index is 0. The van der Waals surface area contributed by atoms with E-state index >= 15 is 0 Å². The molecule has 8 heteroatoms. The highest BCUT2D eigenvalue weighted by molar-refractivity contribution is 14.0. The molecule has 1 aromatic heterocycles. The molecule has 0 aliphatic carbocycles. The molecule has 170 valence electrons. The van der Waals surface area contributed by atoms with Gasteiger partial charge in [0.05, 0.1) is 5.69 Å². The van der Waals surface area contributed by atoms with Crippen LogP contribution in [0, 0.1) is 12.8 Å². The number of guanidine groups is 1. The fourth-order valence-electron chi connectivity index (χ4n) is 3.67. The summed E-state index contributed by atoms with van der Waals surface area (Å²) in [6.45, 7) is 7.48. The minimum Gasteiger partial charge on any atom is -0.444 e. The van der Waals surface area contributed by atoms with Crippen LogP contribution in [-0.2, 0) is 11.2 Å². The summed E-state index contributed by atoms with van der Waals surface area (Å²) in [5.74, 6) is 2.18. The first-order valence-electron chi connectivity index (χ1n) is 10.8. The van der Waals surface area contributed by atoms with Crippen molar-refractivity contribution in [2.45, 2.75) is 39.5 Å². The van der Waals surface area contributed by atoms with Crippen LogP contribution < -0.4 is 10.6 Å². The first-order chi connectivity index (χ1) is 14.6. The van der Waals surface area contributed by atoms with Crippen molar-refractivity contribution in [2.75, 3.05) is 33.2 Å². The number of aryl methyl sites for hydroxylation is 1. The largest absolute Gasteiger partial charge is 0.444 e. The molecule has 1 aliphatic heterocycles. The van der Waals surface area contributed by atoms with Gasteiger partial charge < -0.3 is 20.0 Å². The van der Waals surface area contributed by atoms with Crippen LogP contribution in [0.5, 0.6) is 0 Å². The van der Waals surface area contributed by atoms with Crippen LogP contribution in [0.3, 0.4) is 0 Å². The fraction of sp³-hybridized carbons (Fsp3) is 0.522. The van der Waals surface area contributed by atoms with Gasteiger partial charge in [-0.3, -0.25) is 9.79 Å². The van der Waals surface area contributed by atoms with Gasteiger partial charge in [-0.25, -0.2) is 4.98 Å². The number of oxazole rings is 1. The standard InChI is InChI=1S/C23H33N5O2.HI/c1-4-25-23(28-13-10-18(11-14-28)15-21(29)24-3)26-12-9-20-16-30-22(27-20)19-7-5-17(2)6-8-19;/h5-8,16,18H,4,9-15H2,1-3H3,(H,24,29)(H,25,26);1H. The van der Waals surface area contributed by atoms with Crippen molar-refractivity contribution < 1.29 is 9.21 Å². The van der Waals surface area contributed by atoms with Gasteiger partial charge in [-0.15, -0.1) is 24.0 Å². The molecular formula is C23H34IN5O2. The summed E-state index contributed by atoms with van der Waals surface area (Å²) in [5.41, 5.74) is 3.12. The van der Waals surface area contributed by atoms with Crippen molar-refractivity contribution in [3.63, 3.8) is 0 Å². The second-order valence-corrected chi connectivity index (χ2v) is 7.80. The Labute approximate surface area is 202 Å². The number of likely N-dealkylation sites (tertiary alicyclic amines) is 1. The summed E-state index contributed by atoms with van der Waals surface area (Å²) < 4.78 is 5.65. The monoisotopic (exact) mass is 539 g/mol. The predicted molar refractivity (Wildman–Crippen MR) is 135 cm³/mol. The Hall–Kier alpha value is -2.10. The summed E-state index contributed by atoms with van der Waals surface area (Å²) in [6.07, 6.45) is 5.11. The van der Waals surface area contributed by atoms with Crippen LogP contribution in [-0.4, -0.2) is 55.0 Å². The fourth-order valence-corrected chi connectivity index (χ4v) is 3.67. The SMILES string of the molecule is CCNC(=NCCc1coc(-c2ccc(C)cc2)n1)N1CCC(CC(=O)NC)CC1.I. The van der Waals surface area contributed by atoms with Crippen molar-refractivity contribution in [2.24, 2.45) is 10.9 Å². The third-order valence-corrected chi connectivity index (χ3v) is 5.48. The molecule has 1 aromatic carbocycles. The van der Waals surface area contributed by atoms with Crippen molar-refractivity contribution in [1.82, 2.24) is 20.5 Å². The average molecular weight is 539 g/mol. The molecular weight excluding hydrogens is 505 g/mol. The number of carbonyl (C=O) groups is 1. The number of carbonyl (C=O) groups excluding carboxylic acids is 1. The van der Waals surface area contributed by atoms with Gasteiger partial charge in [0.15, 0.2) is 5.96 Å². The van der Waals surface area contributed by atoms with Gasteiger partial charge in [0.25, 0.3) is 0 Å². The number of halogens is 1. The zero-order valence-electron chi connectivity index (χ0n) is 18.7. The molecule has 1 fully saturated rings. The lowest BCUT2D eigenvalue weighted by Crippen LogP contribution is -2.46. The highest BCUT2D eigenvalue weighted by Gasteiger charge is 2.23. The molecule has 1 amide bonds. The van der Waals surface area contributed by atoms with Crippen molar-refractivity contribution in [1.29, 1.82) is 0 Å². The second kappa shape index (κ2) is 12.7. The van der Waals surface area contributed by atoms with Gasteiger partial charge in [-0.1, -0.05) is 17.7 Å². The van der Waals surface area contributed by atoms with Gasteiger partial charge in [0.1, 0.15) is 6.26 Å². The van der Waals surface area contributed by atoms with Crippen molar-refractivity contribution >= 4 is 35.8 Å². The molecule has 7 nitrogen and oxygen atoms in total. The Morgan fingerprint density at radius 3 is 2.61 bits per heavy atom. The van der Waals surface area contributed by atoms with E-state index < -0.39 is 0 Å². The van der Waals surface area contributed by atoms with Crippen LogP contribution in [0.1, 0.15) is 37.4 Å². The lowest BCUT2D eigenvalue weighted by Gasteiger charge is -2.34. The van der Waals surface area contributed by atoms with E-state index in [2.05, 4.69) is 46.5 Å². The number of amides is 1. The maximum Gasteiger partial charge on any atom is 0.226 e. The first-order valence-corrected chi connectivity index (χ1v) is 10.8. The molecule has 1 saturated heterocycles. The Bertz CT molecular complexity index is 842. The van der Waals surface area contributed by atoms with E-state index in [4.69, 9.17) is 9.41 Å². The molecule has 0 radical (unpaired) electrons. The summed E-state index contributed by atoms with van der Waals surface area (Å²) >= 11 is 0. The number of hydrogen-bond acceptors (Lipinski definition) is 4. The lowest BCUT2D eigenvalue weighted by atomic mass is 9.93. The third kappa shape index (κ3) is 7.52. The van der Waals surface area contributed by atoms with E-state index in [0.29, 0.717) is 24.8 Å². The maximum absolute atomic E-state index is 11.6. The molecule has 1 aliphatic rings. The molecule has 0 unspecified atom stereocenters. The smallest absolute Gasteiger partial charge is 0.226 e. The van der Waals surface area contributed by atoms with Crippen molar-refractivity contribution in [3.8, 4) is 11.5 Å². The Morgan fingerprint density at radius 2 is 1.97 bits per heavy atom. The summed E-state index contributed by atoms with van der Waals surface area (Å²) in [6, 6.07) is 8.17. The lowest BCUT2D eigenvalue weighted by molar-refractivity contribution is -0.121. The van der Waals surface area contributed by atoms with E-state index in [1.807, 2.05) is 12.1 Å². The highest BCUT2D eigenvalue weighted by Crippen LogP contribution is 2.21. The number of benzene rings is 1. The minimum atomic E-state index is 0. The average Bonchev–Trinajstić information content (AvgIpc) is 3.23. The number of aliphatic imine (C=N–C) groups is 1. The molecule has 2 aromatic rings. The van der Waals surface area contributed by atoms with Crippen LogP contribution >= 0.6 is 24.0 Å². The van der Waals surface area contributed by atoms with Crippen LogP contribution in [0.2, 0.25) is 0 Å². The Kier molecular flexibility index (Phi) is 10.3. The molecule has 0 saturated carbocycles. The molecule has 2 heterocycles. The molecule has 0 atom stereocenters. The van der Waals surface area contributed by atoms with Gasteiger partial charge in [-0.05, 0) is 44.7 Å². The highest BCUT2D eigenvalue weighted by atomic mass is 127. The van der Waals surface area contributed by atoms with E-state index in [-0.39, 0.29) is 29.9 Å². The molecule has 0 bridgehead atoms. The molecule has 31 heavy (non-hydrogen) atoms. The maximum atomic E-state index is 11.6. The summed E-state index contributed by atoms with van der Waals surface area (Å²) in [5, 5.41) is 6.12. The topological polar surface area (TPSA) is 82.8 Å². The third-order valence-electron chi connectivity index (χ3n) is 5.48. The van der Waals surface area contributed by atoms with Gasteiger partial charge in [0, 0.05) is 51.6 Å². The number of rotatable bonds is 7. The van der Waals surface area contributed by atoms with E-state index in [1.54, 1.807) is 13.3 Å². The number of hydrogen-bond donors (Lipinski definition) is 2. The van der Waals surface area contributed by atoms with Crippen LogP contribution in [0.15, 0.2) is 39.9 Å². The van der Waals surface area contributed by atoms with Crippen LogP contribution in [0.4, 0.5) is 0 Å². The number of aromatic nitrogens is 1.